The Balaban J connectivity index is 1.39. The van der Waals surface area contributed by atoms with E-state index >= 15 is 0 Å². The van der Waals surface area contributed by atoms with Gasteiger partial charge >= 0.3 is 0 Å². The van der Waals surface area contributed by atoms with Crippen LogP contribution in [0.5, 0.6) is 23.0 Å². The predicted octanol–water partition coefficient (Wildman–Crippen LogP) is 6.87. The minimum Gasteiger partial charge on any atom is -0.508 e. The summed E-state index contributed by atoms with van der Waals surface area (Å²) in [5.74, 6) is 1.72. The average Bonchev–Trinajstić information content (AvgIpc) is 3.39. The normalized spacial score (nSPS) is 20.4. The highest BCUT2D eigenvalue weighted by Gasteiger charge is 2.30. The maximum absolute atomic E-state index is 13.0. The van der Waals surface area contributed by atoms with Gasteiger partial charge in [-0.1, -0.05) is 29.8 Å². The van der Waals surface area contributed by atoms with Crippen LogP contribution >= 0.6 is 11.6 Å². The highest BCUT2D eigenvalue weighted by atomic mass is 35.5. The average molecular weight is 524 g/mol. The molecule has 194 valence electrons. The molecule has 2 aliphatic heterocycles. The van der Waals surface area contributed by atoms with Crippen molar-refractivity contribution in [2.75, 3.05) is 26.4 Å². The molecule has 2 N–H and O–H groups in total. The fourth-order valence-electron chi connectivity index (χ4n) is 5.17. The molecule has 2 aliphatic rings. The van der Waals surface area contributed by atoms with Gasteiger partial charge in [0.25, 0.3) is 0 Å². The van der Waals surface area contributed by atoms with Gasteiger partial charge < -0.3 is 19.7 Å². The number of phenolic OH excluding ortho intramolecular Hbond substituents is 2. The smallest absolute Gasteiger partial charge is 0.150 e. The number of hydrogen-bond acceptors (Lipinski definition) is 5. The molecule has 1 unspecified atom stereocenters. The van der Waals surface area contributed by atoms with Crippen molar-refractivity contribution in [3.63, 3.8) is 0 Å². The minimum absolute atomic E-state index is 0.00590. The summed E-state index contributed by atoms with van der Waals surface area (Å²) in [7, 11) is 0. The Morgan fingerprint density at radius 2 is 1.89 bits per heavy atom. The van der Waals surface area contributed by atoms with Crippen molar-refractivity contribution >= 4 is 22.7 Å². The first-order valence-corrected chi connectivity index (χ1v) is 12.9. The molecule has 0 amide bonds. The van der Waals surface area contributed by atoms with Gasteiger partial charge in [-0.05, 0) is 86.0 Å². The van der Waals surface area contributed by atoms with E-state index in [-0.39, 0.29) is 35.2 Å². The fourth-order valence-corrected chi connectivity index (χ4v) is 5.29. The van der Waals surface area contributed by atoms with Crippen LogP contribution in [0.1, 0.15) is 43.1 Å². The topological polar surface area (TPSA) is 62.2 Å². The van der Waals surface area contributed by atoms with E-state index in [1.165, 1.54) is 0 Å². The van der Waals surface area contributed by atoms with Crippen LogP contribution in [0.4, 0.5) is 4.39 Å². The lowest BCUT2D eigenvalue weighted by Crippen LogP contribution is -2.35. The van der Waals surface area contributed by atoms with E-state index in [0.29, 0.717) is 12.4 Å². The summed E-state index contributed by atoms with van der Waals surface area (Å²) in [6.45, 7) is 6.06. The third-order valence-corrected chi connectivity index (χ3v) is 7.69. The second-order valence-electron chi connectivity index (χ2n) is 9.92. The van der Waals surface area contributed by atoms with Crippen molar-refractivity contribution in [2.45, 2.75) is 32.4 Å². The largest absolute Gasteiger partial charge is 0.508 e. The van der Waals surface area contributed by atoms with Crippen molar-refractivity contribution < 1.29 is 24.1 Å². The van der Waals surface area contributed by atoms with Crippen LogP contribution in [0.2, 0.25) is 5.02 Å². The standard InChI is InChI=1S/C30H31ClFNO4/c1-18(33-12-11-20(15-32)16-33)17-36-24-7-3-21(4-8-24)30-29(22-5-9-26(31)27(35)13-22)19(2)25-14-23(34)6-10-28(25)37-30/h3-10,13-14,18,20,30,34-35H,11-12,15-17H2,1-2H3/t18-,20-,30?/m0/s1. The molecule has 37 heavy (non-hydrogen) atoms. The number of allylic oxidation sites excluding steroid dienone is 1. The lowest BCUT2D eigenvalue weighted by Gasteiger charge is -2.31. The van der Waals surface area contributed by atoms with Crippen LogP contribution in [-0.2, 0) is 0 Å². The Hall–Kier alpha value is -3.22. The molecule has 3 aromatic carbocycles. The Morgan fingerprint density at radius 1 is 1.11 bits per heavy atom. The number of alkyl halides is 1. The Kier molecular flexibility index (Phi) is 7.31. The summed E-state index contributed by atoms with van der Waals surface area (Å²) in [5.41, 5.74) is 4.32. The number of fused-ring (bicyclic) bond motifs is 1. The molecule has 5 rings (SSSR count). The van der Waals surface area contributed by atoms with Gasteiger partial charge in [0.05, 0.1) is 11.7 Å². The zero-order chi connectivity index (χ0) is 26.1. The molecule has 5 nitrogen and oxygen atoms in total. The second-order valence-corrected chi connectivity index (χ2v) is 10.3. The summed E-state index contributed by atoms with van der Waals surface area (Å²) < 4.78 is 25.5. The molecule has 0 radical (unpaired) electrons. The Labute approximate surface area is 221 Å². The van der Waals surface area contributed by atoms with Gasteiger partial charge in [-0.2, -0.15) is 0 Å². The first kappa shape index (κ1) is 25.4. The summed E-state index contributed by atoms with van der Waals surface area (Å²) in [5, 5.41) is 20.6. The number of benzene rings is 3. The van der Waals surface area contributed by atoms with Crippen molar-refractivity contribution in [3.8, 4) is 23.0 Å². The summed E-state index contributed by atoms with van der Waals surface area (Å²) in [6, 6.07) is 18.2. The number of likely N-dealkylation sites (tertiary alicyclic amines) is 1. The van der Waals surface area contributed by atoms with Crippen LogP contribution in [0.3, 0.4) is 0 Å². The van der Waals surface area contributed by atoms with E-state index < -0.39 is 6.10 Å². The van der Waals surface area contributed by atoms with Gasteiger partial charge in [0.2, 0.25) is 0 Å². The van der Waals surface area contributed by atoms with Crippen LogP contribution in [-0.4, -0.2) is 47.5 Å². The number of nitrogens with zero attached hydrogens (tertiary/aromatic N) is 1. The van der Waals surface area contributed by atoms with Crippen molar-refractivity contribution in [1.82, 2.24) is 4.90 Å². The molecule has 1 saturated heterocycles. The maximum atomic E-state index is 13.0. The van der Waals surface area contributed by atoms with Gasteiger partial charge in [-0.25, -0.2) is 0 Å². The van der Waals surface area contributed by atoms with Gasteiger partial charge in [0, 0.05) is 29.6 Å². The van der Waals surface area contributed by atoms with Crippen molar-refractivity contribution in [2.24, 2.45) is 5.92 Å². The molecular weight excluding hydrogens is 493 g/mol. The molecule has 3 aromatic rings. The third kappa shape index (κ3) is 5.27. The molecule has 1 fully saturated rings. The van der Waals surface area contributed by atoms with E-state index in [2.05, 4.69) is 11.8 Å². The summed E-state index contributed by atoms with van der Waals surface area (Å²) >= 11 is 6.07. The van der Waals surface area contributed by atoms with Crippen LogP contribution in [0, 0.1) is 5.92 Å². The maximum Gasteiger partial charge on any atom is 0.150 e. The number of phenols is 2. The third-order valence-electron chi connectivity index (χ3n) is 7.37. The SMILES string of the molecule is CC1=C(c2ccc(Cl)c(O)c2)C(c2ccc(OC[C@H](C)N3CC[C@@H](CF)C3)cc2)Oc2ccc(O)cc21. The minimum atomic E-state index is -0.437. The van der Waals surface area contributed by atoms with Gasteiger partial charge in [0.15, 0.2) is 0 Å². The monoisotopic (exact) mass is 523 g/mol. The fraction of sp³-hybridized carbons (Fsp3) is 0.333. The second kappa shape index (κ2) is 10.6. The summed E-state index contributed by atoms with van der Waals surface area (Å²) in [4.78, 5) is 2.28. The highest BCUT2D eigenvalue weighted by molar-refractivity contribution is 6.32. The van der Waals surface area contributed by atoms with Crippen molar-refractivity contribution in [3.05, 3.63) is 82.4 Å². The molecule has 0 saturated carbocycles. The van der Waals surface area contributed by atoms with Gasteiger partial charge in [-0.15, -0.1) is 0 Å². The lowest BCUT2D eigenvalue weighted by molar-refractivity contribution is 0.165. The Bertz CT molecular complexity index is 1310. The van der Waals surface area contributed by atoms with Gasteiger partial charge in [-0.3, -0.25) is 9.29 Å². The van der Waals surface area contributed by atoms with E-state index in [9.17, 15) is 14.6 Å². The summed E-state index contributed by atoms with van der Waals surface area (Å²) in [6.07, 6.45) is 0.466. The van der Waals surface area contributed by atoms with E-state index in [4.69, 9.17) is 21.1 Å². The molecule has 7 heteroatoms. The first-order chi connectivity index (χ1) is 17.8. The van der Waals surface area contributed by atoms with Crippen molar-refractivity contribution in [1.29, 1.82) is 0 Å². The molecule has 0 spiro atoms. The van der Waals surface area contributed by atoms with E-state index in [1.54, 1.807) is 30.3 Å². The zero-order valence-electron chi connectivity index (χ0n) is 21.0. The number of halogens is 2. The molecule has 3 atom stereocenters. The molecular formula is C30H31ClFNO4. The van der Waals surface area contributed by atoms with E-state index in [0.717, 1.165) is 53.1 Å². The van der Waals surface area contributed by atoms with Crippen LogP contribution in [0.25, 0.3) is 11.1 Å². The van der Waals surface area contributed by atoms with Crippen LogP contribution in [0.15, 0.2) is 60.7 Å². The molecule has 0 aliphatic carbocycles. The Morgan fingerprint density at radius 3 is 2.59 bits per heavy atom. The number of hydrogen-bond donors (Lipinski definition) is 2. The first-order valence-electron chi connectivity index (χ1n) is 12.6. The number of aromatic hydroxyl groups is 2. The van der Waals surface area contributed by atoms with Crippen LogP contribution < -0.4 is 9.47 Å². The molecule has 0 aromatic heterocycles. The molecule has 2 heterocycles. The highest BCUT2D eigenvalue weighted by Crippen LogP contribution is 2.48. The number of rotatable bonds is 7. The van der Waals surface area contributed by atoms with Gasteiger partial charge in [0.1, 0.15) is 35.7 Å². The lowest BCUT2D eigenvalue weighted by atomic mass is 9.86. The predicted molar refractivity (Wildman–Crippen MR) is 144 cm³/mol. The quantitative estimate of drug-likeness (QED) is 0.353. The number of ether oxygens (including phenoxy) is 2. The zero-order valence-corrected chi connectivity index (χ0v) is 21.7. The molecule has 0 bridgehead atoms. The van der Waals surface area contributed by atoms with E-state index in [1.807, 2.05) is 37.3 Å².